The molecule has 2 atom stereocenters. The molecular weight excluding hydrogens is 246 g/mol. The standard InChI is InChI=1S/C18H33NO/c1-2-15-8-4-5-9-17(15)20-18(12-6-3-7-13-18)14-19-16-10-11-16/h15-17,19H,2-14H2,1H3. The number of hydrogen-bond donors (Lipinski definition) is 1. The first-order valence-corrected chi connectivity index (χ1v) is 9.22. The first kappa shape index (κ1) is 14.8. The fourth-order valence-electron chi connectivity index (χ4n) is 4.27. The molecule has 0 saturated heterocycles. The van der Waals surface area contributed by atoms with Crippen LogP contribution in [0.15, 0.2) is 0 Å². The lowest BCUT2D eigenvalue weighted by molar-refractivity contribution is -0.141. The molecule has 0 aromatic heterocycles. The van der Waals surface area contributed by atoms with Gasteiger partial charge in [-0.15, -0.1) is 0 Å². The maximum atomic E-state index is 6.84. The Labute approximate surface area is 125 Å². The van der Waals surface area contributed by atoms with E-state index in [1.165, 1.54) is 77.0 Å². The molecule has 3 saturated carbocycles. The van der Waals surface area contributed by atoms with Crippen molar-refractivity contribution in [2.45, 2.75) is 102 Å². The van der Waals surface area contributed by atoms with Crippen molar-refractivity contribution in [1.29, 1.82) is 0 Å². The van der Waals surface area contributed by atoms with E-state index in [9.17, 15) is 0 Å². The molecule has 0 aliphatic heterocycles. The van der Waals surface area contributed by atoms with Gasteiger partial charge >= 0.3 is 0 Å². The first-order chi connectivity index (χ1) is 9.81. The molecular formula is C18H33NO. The van der Waals surface area contributed by atoms with Gasteiger partial charge in [-0.2, -0.15) is 0 Å². The zero-order valence-electron chi connectivity index (χ0n) is 13.3. The lowest BCUT2D eigenvalue weighted by atomic mass is 9.81. The predicted molar refractivity (Wildman–Crippen MR) is 84.0 cm³/mol. The Morgan fingerprint density at radius 3 is 2.40 bits per heavy atom. The second kappa shape index (κ2) is 6.79. The van der Waals surface area contributed by atoms with E-state index in [2.05, 4.69) is 12.2 Å². The summed E-state index contributed by atoms with van der Waals surface area (Å²) in [6.07, 6.45) is 16.9. The zero-order chi connectivity index (χ0) is 13.8. The quantitative estimate of drug-likeness (QED) is 0.777. The summed E-state index contributed by atoms with van der Waals surface area (Å²) in [5.74, 6) is 0.823. The summed E-state index contributed by atoms with van der Waals surface area (Å²) in [4.78, 5) is 0. The van der Waals surface area contributed by atoms with Gasteiger partial charge in [-0.3, -0.25) is 0 Å². The first-order valence-electron chi connectivity index (χ1n) is 9.22. The molecule has 20 heavy (non-hydrogen) atoms. The third-order valence-corrected chi connectivity index (χ3v) is 5.82. The van der Waals surface area contributed by atoms with E-state index in [1.807, 2.05) is 0 Å². The number of ether oxygens (including phenoxy) is 1. The van der Waals surface area contributed by atoms with Gasteiger partial charge in [-0.05, 0) is 44.4 Å². The molecule has 3 fully saturated rings. The van der Waals surface area contributed by atoms with Crippen LogP contribution in [0.2, 0.25) is 0 Å². The Morgan fingerprint density at radius 1 is 0.950 bits per heavy atom. The molecule has 2 heteroatoms. The molecule has 0 amide bonds. The van der Waals surface area contributed by atoms with Crippen molar-refractivity contribution in [3.05, 3.63) is 0 Å². The second-order valence-electron chi connectivity index (χ2n) is 7.51. The van der Waals surface area contributed by atoms with Crippen LogP contribution in [0.25, 0.3) is 0 Å². The maximum Gasteiger partial charge on any atom is 0.0810 e. The van der Waals surface area contributed by atoms with Crippen LogP contribution >= 0.6 is 0 Å². The smallest absolute Gasteiger partial charge is 0.0810 e. The molecule has 0 radical (unpaired) electrons. The molecule has 0 heterocycles. The lowest BCUT2D eigenvalue weighted by Gasteiger charge is -2.43. The van der Waals surface area contributed by atoms with Crippen LogP contribution < -0.4 is 5.32 Å². The average Bonchev–Trinajstić information content (AvgIpc) is 3.31. The van der Waals surface area contributed by atoms with Crippen molar-refractivity contribution in [2.75, 3.05) is 6.54 Å². The Bertz CT molecular complexity index is 294. The number of hydrogen-bond acceptors (Lipinski definition) is 2. The van der Waals surface area contributed by atoms with Crippen LogP contribution in [-0.2, 0) is 4.74 Å². The van der Waals surface area contributed by atoms with Crippen LogP contribution in [0, 0.1) is 5.92 Å². The topological polar surface area (TPSA) is 21.3 Å². The predicted octanol–water partition coefficient (Wildman–Crippen LogP) is 4.43. The number of nitrogens with one attached hydrogen (secondary N) is 1. The molecule has 1 N–H and O–H groups in total. The van der Waals surface area contributed by atoms with E-state index < -0.39 is 0 Å². The molecule has 0 aromatic rings. The van der Waals surface area contributed by atoms with Gasteiger partial charge in [0.25, 0.3) is 0 Å². The lowest BCUT2D eigenvalue weighted by Crippen LogP contribution is -2.49. The summed E-state index contributed by atoms with van der Waals surface area (Å²) in [6.45, 7) is 3.47. The normalized spacial score (nSPS) is 34.0. The van der Waals surface area contributed by atoms with Crippen LogP contribution in [-0.4, -0.2) is 24.3 Å². The van der Waals surface area contributed by atoms with Crippen LogP contribution in [0.1, 0.15) is 84.0 Å². The molecule has 0 spiro atoms. The molecule has 0 aromatic carbocycles. The van der Waals surface area contributed by atoms with E-state index in [0.717, 1.165) is 18.5 Å². The van der Waals surface area contributed by atoms with Gasteiger partial charge < -0.3 is 10.1 Å². The fraction of sp³-hybridized carbons (Fsp3) is 1.00. The molecule has 3 aliphatic carbocycles. The average molecular weight is 279 g/mol. The van der Waals surface area contributed by atoms with Gasteiger partial charge in [0.15, 0.2) is 0 Å². The Morgan fingerprint density at radius 2 is 1.70 bits per heavy atom. The SMILES string of the molecule is CCC1CCCCC1OC1(CNC2CC2)CCCCC1. The summed E-state index contributed by atoms with van der Waals surface area (Å²) < 4.78 is 6.84. The fourth-order valence-corrected chi connectivity index (χ4v) is 4.27. The third-order valence-electron chi connectivity index (χ3n) is 5.82. The van der Waals surface area contributed by atoms with Crippen LogP contribution in [0.5, 0.6) is 0 Å². The van der Waals surface area contributed by atoms with Gasteiger partial charge in [0, 0.05) is 12.6 Å². The number of rotatable bonds is 6. The summed E-state index contributed by atoms with van der Waals surface area (Å²) >= 11 is 0. The van der Waals surface area contributed by atoms with Crippen molar-refractivity contribution in [1.82, 2.24) is 5.32 Å². The molecule has 3 rings (SSSR count). The third kappa shape index (κ3) is 3.76. The highest BCUT2D eigenvalue weighted by molar-refractivity contribution is 4.93. The van der Waals surface area contributed by atoms with Gasteiger partial charge in [0.1, 0.15) is 0 Å². The van der Waals surface area contributed by atoms with Crippen LogP contribution in [0.3, 0.4) is 0 Å². The van der Waals surface area contributed by atoms with E-state index in [1.54, 1.807) is 0 Å². The highest BCUT2D eigenvalue weighted by Gasteiger charge is 2.39. The Balaban J connectivity index is 1.61. The minimum Gasteiger partial charge on any atom is -0.370 e. The summed E-state index contributed by atoms with van der Waals surface area (Å²) in [5.41, 5.74) is 0.177. The minimum atomic E-state index is 0.177. The Hall–Kier alpha value is -0.0800. The highest BCUT2D eigenvalue weighted by atomic mass is 16.5. The van der Waals surface area contributed by atoms with E-state index in [4.69, 9.17) is 4.74 Å². The molecule has 116 valence electrons. The van der Waals surface area contributed by atoms with Crippen LogP contribution in [0.4, 0.5) is 0 Å². The van der Waals surface area contributed by atoms with E-state index in [-0.39, 0.29) is 5.60 Å². The molecule has 0 bridgehead atoms. The zero-order valence-corrected chi connectivity index (χ0v) is 13.3. The van der Waals surface area contributed by atoms with Gasteiger partial charge in [-0.25, -0.2) is 0 Å². The van der Waals surface area contributed by atoms with Crippen molar-refractivity contribution < 1.29 is 4.74 Å². The summed E-state index contributed by atoms with van der Waals surface area (Å²) in [7, 11) is 0. The van der Waals surface area contributed by atoms with Crippen molar-refractivity contribution in [3.63, 3.8) is 0 Å². The van der Waals surface area contributed by atoms with Gasteiger partial charge in [0.05, 0.1) is 11.7 Å². The summed E-state index contributed by atoms with van der Waals surface area (Å²) in [5, 5.41) is 3.76. The Kier molecular flexibility index (Phi) is 5.04. The van der Waals surface area contributed by atoms with E-state index in [0.29, 0.717) is 6.10 Å². The van der Waals surface area contributed by atoms with E-state index >= 15 is 0 Å². The van der Waals surface area contributed by atoms with Crippen molar-refractivity contribution >= 4 is 0 Å². The van der Waals surface area contributed by atoms with Crippen molar-refractivity contribution in [2.24, 2.45) is 5.92 Å². The monoisotopic (exact) mass is 279 g/mol. The van der Waals surface area contributed by atoms with Gasteiger partial charge in [0.2, 0.25) is 0 Å². The summed E-state index contributed by atoms with van der Waals surface area (Å²) in [6, 6.07) is 0.811. The van der Waals surface area contributed by atoms with Gasteiger partial charge in [-0.1, -0.05) is 45.4 Å². The largest absolute Gasteiger partial charge is 0.370 e. The highest BCUT2D eigenvalue weighted by Crippen LogP contribution is 2.38. The second-order valence-corrected chi connectivity index (χ2v) is 7.51. The minimum absolute atomic E-state index is 0.177. The molecule has 3 aliphatic rings. The maximum absolute atomic E-state index is 6.84. The molecule has 2 unspecified atom stereocenters. The molecule has 2 nitrogen and oxygen atoms in total. The van der Waals surface area contributed by atoms with Crippen molar-refractivity contribution in [3.8, 4) is 0 Å².